The number of aromatic nitrogens is 2. The van der Waals surface area contributed by atoms with E-state index in [9.17, 15) is 9.59 Å². The first-order chi connectivity index (χ1) is 14.9. The fourth-order valence-electron chi connectivity index (χ4n) is 3.84. The molecule has 1 aromatic carbocycles. The molecule has 1 amide bonds. The number of rotatable bonds is 6. The van der Waals surface area contributed by atoms with Crippen molar-refractivity contribution < 1.29 is 9.59 Å². The van der Waals surface area contributed by atoms with Crippen molar-refractivity contribution in [1.29, 1.82) is 0 Å². The molecule has 0 spiro atoms. The number of anilines is 3. The van der Waals surface area contributed by atoms with Crippen molar-refractivity contribution in [1.82, 2.24) is 9.97 Å². The van der Waals surface area contributed by atoms with Crippen LogP contribution in [0.2, 0.25) is 0 Å². The first kappa shape index (κ1) is 20.5. The van der Waals surface area contributed by atoms with Crippen LogP contribution < -0.4 is 14.7 Å². The predicted octanol–water partition coefficient (Wildman–Crippen LogP) is 3.32. The topological polar surface area (TPSA) is 69.6 Å². The molecule has 3 heterocycles. The van der Waals surface area contributed by atoms with E-state index in [0.29, 0.717) is 17.2 Å². The van der Waals surface area contributed by atoms with E-state index in [1.807, 2.05) is 92.5 Å². The molecule has 0 saturated carbocycles. The number of carbonyl (C=O) groups excluding carboxylic acids is 2. The lowest BCUT2D eigenvalue weighted by Crippen LogP contribution is -2.34. The van der Waals surface area contributed by atoms with Crippen molar-refractivity contribution in [2.45, 2.75) is 19.0 Å². The summed E-state index contributed by atoms with van der Waals surface area (Å²) in [7, 11) is 5.68. The maximum atomic E-state index is 13.4. The summed E-state index contributed by atoms with van der Waals surface area (Å²) in [5.41, 5.74) is 3.18. The summed E-state index contributed by atoms with van der Waals surface area (Å²) >= 11 is 0. The minimum atomic E-state index is -0.371. The maximum absolute atomic E-state index is 13.4. The number of carbonyl (C=O) groups is 2. The number of nitrogens with zero attached hydrogens (tertiary/aromatic N) is 5. The monoisotopic (exact) mass is 415 g/mol. The zero-order chi connectivity index (χ0) is 22.1. The molecule has 3 aromatic rings. The zero-order valence-corrected chi connectivity index (χ0v) is 18.1. The van der Waals surface area contributed by atoms with Crippen LogP contribution in [-0.4, -0.2) is 49.3 Å². The van der Waals surface area contributed by atoms with Gasteiger partial charge in [0.2, 0.25) is 0 Å². The second kappa shape index (κ2) is 8.18. The Morgan fingerprint density at radius 3 is 2.45 bits per heavy atom. The van der Waals surface area contributed by atoms with Gasteiger partial charge in [-0.3, -0.25) is 14.7 Å². The minimum Gasteiger partial charge on any atom is -0.375 e. The van der Waals surface area contributed by atoms with Gasteiger partial charge in [-0.1, -0.05) is 24.3 Å². The maximum Gasteiger partial charge on any atom is 0.260 e. The minimum absolute atomic E-state index is 0.117. The van der Waals surface area contributed by atoms with Crippen LogP contribution in [-0.2, 0) is 4.79 Å². The molecule has 0 bridgehead atoms. The van der Waals surface area contributed by atoms with Crippen LogP contribution >= 0.6 is 0 Å². The first-order valence-corrected chi connectivity index (χ1v) is 10.1. The molecule has 0 radical (unpaired) electrons. The zero-order valence-electron chi connectivity index (χ0n) is 18.1. The van der Waals surface area contributed by atoms with Crippen LogP contribution in [0.3, 0.4) is 0 Å². The first-order valence-electron chi connectivity index (χ1n) is 10.1. The van der Waals surface area contributed by atoms with Gasteiger partial charge in [0.05, 0.1) is 17.4 Å². The Hall–Kier alpha value is -3.74. The molecule has 0 aliphatic carbocycles. The van der Waals surface area contributed by atoms with Crippen molar-refractivity contribution in [3.8, 4) is 0 Å². The highest BCUT2D eigenvalue weighted by Crippen LogP contribution is 2.41. The Morgan fingerprint density at radius 2 is 1.77 bits per heavy atom. The molecule has 158 valence electrons. The summed E-state index contributed by atoms with van der Waals surface area (Å²) in [5, 5.41) is 0. The normalized spacial score (nSPS) is 16.1. The molecule has 1 aliphatic heterocycles. The number of aldehydes is 1. The molecule has 2 aromatic heterocycles. The Balaban J connectivity index is 1.88. The number of fused-ring (bicyclic) bond motifs is 1. The number of amides is 1. The smallest absolute Gasteiger partial charge is 0.260 e. The van der Waals surface area contributed by atoms with Crippen LogP contribution in [0.4, 0.5) is 17.3 Å². The van der Waals surface area contributed by atoms with E-state index in [1.165, 1.54) is 0 Å². The Labute approximate surface area is 182 Å². The molecular formula is C24H25N5O2. The number of pyridine rings is 2. The Bertz CT molecular complexity index is 1120. The lowest BCUT2D eigenvalue weighted by Gasteiger charge is -2.30. The second-order valence-electron chi connectivity index (χ2n) is 7.81. The third-order valence-electron chi connectivity index (χ3n) is 5.64. The SMILES string of the molecule is CC(C=O)N(C)c1nc(N2C(=O)c3ccccc3C2c2ccccn2)ccc1N(C)C. The van der Waals surface area contributed by atoms with E-state index in [4.69, 9.17) is 4.98 Å². The summed E-state index contributed by atoms with van der Waals surface area (Å²) in [6.07, 6.45) is 2.60. The quantitative estimate of drug-likeness (QED) is 0.576. The van der Waals surface area contributed by atoms with E-state index in [1.54, 1.807) is 11.1 Å². The summed E-state index contributed by atoms with van der Waals surface area (Å²) < 4.78 is 0. The van der Waals surface area contributed by atoms with E-state index in [-0.39, 0.29) is 18.0 Å². The highest BCUT2D eigenvalue weighted by molar-refractivity contribution is 6.11. The standard InChI is InChI=1S/C24H25N5O2/c1-16(15-30)28(4)23-20(27(2)3)12-13-21(26-23)29-22(19-11-7-8-14-25-19)17-9-5-6-10-18(17)24(29)31/h5-16,22H,1-4H3. The molecule has 7 nitrogen and oxygen atoms in total. The van der Waals surface area contributed by atoms with Gasteiger partial charge in [-0.25, -0.2) is 4.98 Å². The number of benzene rings is 1. The molecule has 0 fully saturated rings. The summed E-state index contributed by atoms with van der Waals surface area (Å²) in [5.74, 6) is 1.03. The van der Waals surface area contributed by atoms with Gasteiger partial charge in [0.1, 0.15) is 18.1 Å². The van der Waals surface area contributed by atoms with Gasteiger partial charge in [0, 0.05) is 32.9 Å². The molecule has 2 unspecified atom stereocenters. The van der Waals surface area contributed by atoms with Gasteiger partial charge in [-0.05, 0) is 42.8 Å². The Kier molecular flexibility index (Phi) is 5.42. The molecule has 1 aliphatic rings. The third kappa shape index (κ3) is 3.52. The fraction of sp³-hybridized carbons (Fsp3) is 0.250. The highest BCUT2D eigenvalue weighted by Gasteiger charge is 2.40. The van der Waals surface area contributed by atoms with Crippen LogP contribution in [0.15, 0.2) is 60.8 Å². The molecule has 4 rings (SSSR count). The van der Waals surface area contributed by atoms with Gasteiger partial charge in [-0.2, -0.15) is 0 Å². The van der Waals surface area contributed by atoms with Crippen molar-refractivity contribution in [2.75, 3.05) is 35.8 Å². The van der Waals surface area contributed by atoms with Crippen molar-refractivity contribution in [3.05, 3.63) is 77.6 Å². The predicted molar refractivity (Wildman–Crippen MR) is 122 cm³/mol. The highest BCUT2D eigenvalue weighted by atomic mass is 16.2. The number of hydrogen-bond donors (Lipinski definition) is 0. The average molecular weight is 415 g/mol. The van der Waals surface area contributed by atoms with Crippen LogP contribution in [0.1, 0.15) is 34.6 Å². The van der Waals surface area contributed by atoms with E-state index in [2.05, 4.69) is 4.98 Å². The largest absolute Gasteiger partial charge is 0.375 e. The lowest BCUT2D eigenvalue weighted by atomic mass is 10.0. The van der Waals surface area contributed by atoms with Gasteiger partial charge in [-0.15, -0.1) is 0 Å². The van der Waals surface area contributed by atoms with Crippen molar-refractivity contribution >= 4 is 29.5 Å². The third-order valence-corrected chi connectivity index (χ3v) is 5.64. The lowest BCUT2D eigenvalue weighted by molar-refractivity contribution is -0.108. The Morgan fingerprint density at radius 1 is 1.03 bits per heavy atom. The molecular weight excluding hydrogens is 390 g/mol. The molecule has 31 heavy (non-hydrogen) atoms. The summed E-state index contributed by atoms with van der Waals surface area (Å²) in [4.78, 5) is 39.7. The van der Waals surface area contributed by atoms with E-state index < -0.39 is 0 Å². The number of hydrogen-bond acceptors (Lipinski definition) is 6. The van der Waals surface area contributed by atoms with Crippen LogP contribution in [0.5, 0.6) is 0 Å². The van der Waals surface area contributed by atoms with Crippen LogP contribution in [0.25, 0.3) is 0 Å². The fourth-order valence-corrected chi connectivity index (χ4v) is 3.84. The molecule has 0 saturated heterocycles. The van der Waals surface area contributed by atoms with Crippen molar-refractivity contribution in [3.63, 3.8) is 0 Å². The van der Waals surface area contributed by atoms with Crippen molar-refractivity contribution in [2.24, 2.45) is 0 Å². The second-order valence-corrected chi connectivity index (χ2v) is 7.81. The average Bonchev–Trinajstić information content (AvgIpc) is 3.10. The van der Waals surface area contributed by atoms with E-state index >= 15 is 0 Å². The van der Waals surface area contributed by atoms with E-state index in [0.717, 1.165) is 23.2 Å². The molecule has 7 heteroatoms. The summed E-state index contributed by atoms with van der Waals surface area (Å²) in [6.45, 7) is 1.81. The number of likely N-dealkylation sites (N-methyl/N-ethyl adjacent to an activating group) is 1. The van der Waals surface area contributed by atoms with Gasteiger partial charge in [0.25, 0.3) is 5.91 Å². The van der Waals surface area contributed by atoms with Gasteiger partial charge < -0.3 is 14.6 Å². The van der Waals surface area contributed by atoms with Crippen LogP contribution in [0, 0.1) is 0 Å². The van der Waals surface area contributed by atoms with Gasteiger partial charge in [0.15, 0.2) is 5.82 Å². The van der Waals surface area contributed by atoms with Gasteiger partial charge >= 0.3 is 0 Å². The summed E-state index contributed by atoms with van der Waals surface area (Å²) in [6, 6.07) is 16.3. The molecule has 2 atom stereocenters. The molecule has 0 N–H and O–H groups in total.